The maximum Gasteiger partial charge on any atom is 0.191 e. The van der Waals surface area contributed by atoms with E-state index in [9.17, 15) is 0 Å². The van der Waals surface area contributed by atoms with E-state index < -0.39 is 0 Å². The van der Waals surface area contributed by atoms with E-state index in [1.807, 2.05) is 24.3 Å². The van der Waals surface area contributed by atoms with Crippen LogP contribution in [-0.2, 0) is 13.1 Å². The monoisotopic (exact) mass is 384 g/mol. The Balaban J connectivity index is 1.66. The highest BCUT2D eigenvalue weighted by Gasteiger charge is 2.20. The van der Waals surface area contributed by atoms with E-state index in [0.717, 1.165) is 55.5 Å². The fraction of sp³-hybridized carbons (Fsp3) is 0.500. The zero-order chi connectivity index (χ0) is 19.6. The van der Waals surface area contributed by atoms with Gasteiger partial charge in [-0.15, -0.1) is 0 Å². The summed E-state index contributed by atoms with van der Waals surface area (Å²) in [6, 6.07) is 10.1. The summed E-state index contributed by atoms with van der Waals surface area (Å²) in [6.45, 7) is 5.14. The van der Waals surface area contributed by atoms with Gasteiger partial charge in [0, 0.05) is 37.6 Å². The van der Waals surface area contributed by atoms with Gasteiger partial charge in [-0.3, -0.25) is 0 Å². The molecule has 3 rings (SSSR count). The Labute approximate surface area is 168 Å². The lowest BCUT2D eigenvalue weighted by atomic mass is 10.1. The normalized spacial score (nSPS) is 14.9. The van der Waals surface area contributed by atoms with Crippen LogP contribution in [0.2, 0.25) is 0 Å². The number of ether oxygens (including phenoxy) is 2. The molecule has 6 nitrogen and oxygen atoms in total. The number of nitrogens with one attached hydrogen (secondary N) is 2. The fourth-order valence-electron chi connectivity index (χ4n) is 3.48. The van der Waals surface area contributed by atoms with Crippen LogP contribution in [0.3, 0.4) is 0 Å². The molecule has 1 aliphatic carbocycles. The minimum Gasteiger partial charge on any atom is -0.493 e. The predicted molar refractivity (Wildman–Crippen MR) is 113 cm³/mol. The van der Waals surface area contributed by atoms with Crippen molar-refractivity contribution in [2.75, 3.05) is 20.2 Å². The van der Waals surface area contributed by atoms with Crippen LogP contribution in [0, 0.1) is 0 Å². The third kappa shape index (κ3) is 5.68. The molecule has 0 radical (unpaired) electrons. The average Bonchev–Trinajstić information content (AvgIpc) is 3.41. The highest BCUT2D eigenvalue weighted by Crippen LogP contribution is 2.35. The van der Waals surface area contributed by atoms with Gasteiger partial charge >= 0.3 is 0 Å². The molecule has 0 amide bonds. The van der Waals surface area contributed by atoms with Gasteiger partial charge in [0.15, 0.2) is 17.5 Å². The zero-order valence-electron chi connectivity index (χ0n) is 17.0. The molecule has 1 aliphatic rings. The number of para-hydroxylation sites is 1. The Morgan fingerprint density at radius 2 is 1.93 bits per heavy atom. The molecule has 152 valence electrons. The van der Waals surface area contributed by atoms with Gasteiger partial charge < -0.3 is 24.7 Å². The van der Waals surface area contributed by atoms with Crippen molar-refractivity contribution in [3.8, 4) is 11.5 Å². The van der Waals surface area contributed by atoms with E-state index in [4.69, 9.17) is 14.5 Å². The molecule has 1 aromatic heterocycles. The van der Waals surface area contributed by atoms with Crippen LogP contribution in [0.15, 0.2) is 47.7 Å². The predicted octanol–water partition coefficient (Wildman–Crippen LogP) is 3.57. The number of methoxy groups -OCH3 is 1. The quantitative estimate of drug-likeness (QED) is 0.513. The molecule has 0 aliphatic heterocycles. The summed E-state index contributed by atoms with van der Waals surface area (Å²) in [7, 11) is 1.69. The summed E-state index contributed by atoms with van der Waals surface area (Å²) in [5, 5.41) is 6.71. The molecule has 1 fully saturated rings. The molecule has 2 aromatic rings. The summed E-state index contributed by atoms with van der Waals surface area (Å²) >= 11 is 0. The van der Waals surface area contributed by atoms with Gasteiger partial charge in [0.2, 0.25) is 0 Å². The molecule has 1 aromatic carbocycles. The molecule has 6 heteroatoms. The third-order valence-electron chi connectivity index (χ3n) is 4.95. The van der Waals surface area contributed by atoms with Gasteiger partial charge in [-0.2, -0.15) is 0 Å². The van der Waals surface area contributed by atoms with Gasteiger partial charge in [-0.25, -0.2) is 4.99 Å². The van der Waals surface area contributed by atoms with Crippen LogP contribution in [0.4, 0.5) is 0 Å². The summed E-state index contributed by atoms with van der Waals surface area (Å²) in [4.78, 5) is 4.76. The Hall–Kier alpha value is -2.63. The first kappa shape index (κ1) is 20.1. The first-order valence-electron chi connectivity index (χ1n) is 10.3. The molecule has 0 saturated heterocycles. The summed E-state index contributed by atoms with van der Waals surface area (Å²) in [5.74, 6) is 2.43. The van der Waals surface area contributed by atoms with Crippen molar-refractivity contribution >= 4 is 5.96 Å². The molecule has 0 bridgehead atoms. The van der Waals surface area contributed by atoms with Gasteiger partial charge in [-0.05, 0) is 50.8 Å². The molecular weight excluding hydrogens is 352 g/mol. The van der Waals surface area contributed by atoms with Crippen molar-refractivity contribution in [3.63, 3.8) is 0 Å². The Kier molecular flexibility index (Phi) is 7.64. The molecular formula is C22H32N4O2. The molecule has 2 N–H and O–H groups in total. The van der Waals surface area contributed by atoms with Gasteiger partial charge in [-0.1, -0.05) is 12.1 Å². The van der Waals surface area contributed by atoms with Crippen molar-refractivity contribution < 1.29 is 9.47 Å². The van der Waals surface area contributed by atoms with E-state index in [2.05, 4.69) is 40.6 Å². The summed E-state index contributed by atoms with van der Waals surface area (Å²) in [6.07, 6.45) is 9.12. The van der Waals surface area contributed by atoms with Crippen LogP contribution in [0.1, 0.15) is 38.2 Å². The van der Waals surface area contributed by atoms with Gasteiger partial charge in [0.1, 0.15) is 0 Å². The summed E-state index contributed by atoms with van der Waals surface area (Å²) < 4.78 is 14.0. The lowest BCUT2D eigenvalue weighted by molar-refractivity contribution is 0.198. The van der Waals surface area contributed by atoms with Crippen LogP contribution < -0.4 is 20.1 Å². The average molecular weight is 385 g/mol. The number of aliphatic imine (C=N–C) groups is 1. The first-order chi connectivity index (χ1) is 13.8. The van der Waals surface area contributed by atoms with Crippen molar-refractivity contribution in [2.45, 2.75) is 51.8 Å². The maximum absolute atomic E-state index is 6.31. The Morgan fingerprint density at radius 3 is 2.64 bits per heavy atom. The standard InChI is InChI=1S/C22H32N4O2/c1-3-23-22(24-13-16-26-14-6-7-15-26)25-17-18-9-8-12-20(27-2)21(18)28-19-10-4-5-11-19/h6-9,12,14-15,19H,3-5,10-11,13,16-17H2,1-2H3,(H2,23,24,25). The highest BCUT2D eigenvalue weighted by atomic mass is 16.5. The first-order valence-corrected chi connectivity index (χ1v) is 10.3. The molecule has 1 heterocycles. The van der Waals surface area contributed by atoms with Crippen LogP contribution >= 0.6 is 0 Å². The minimum atomic E-state index is 0.284. The Morgan fingerprint density at radius 1 is 1.14 bits per heavy atom. The lowest BCUT2D eigenvalue weighted by Crippen LogP contribution is -2.38. The number of benzene rings is 1. The molecule has 0 spiro atoms. The van der Waals surface area contributed by atoms with E-state index >= 15 is 0 Å². The van der Waals surface area contributed by atoms with Crippen LogP contribution in [0.5, 0.6) is 11.5 Å². The van der Waals surface area contributed by atoms with Crippen LogP contribution in [0.25, 0.3) is 0 Å². The second-order valence-electron chi connectivity index (χ2n) is 7.02. The largest absolute Gasteiger partial charge is 0.493 e. The number of hydrogen-bond acceptors (Lipinski definition) is 3. The van der Waals surface area contributed by atoms with Crippen molar-refractivity contribution in [3.05, 3.63) is 48.3 Å². The Bertz CT molecular complexity index is 737. The second kappa shape index (κ2) is 10.6. The number of aromatic nitrogens is 1. The topological polar surface area (TPSA) is 59.8 Å². The number of nitrogens with zero attached hydrogens (tertiary/aromatic N) is 2. The van der Waals surface area contributed by atoms with E-state index in [-0.39, 0.29) is 6.10 Å². The maximum atomic E-state index is 6.31. The third-order valence-corrected chi connectivity index (χ3v) is 4.95. The fourth-order valence-corrected chi connectivity index (χ4v) is 3.48. The van der Waals surface area contributed by atoms with Crippen molar-refractivity contribution in [1.82, 2.24) is 15.2 Å². The molecule has 0 unspecified atom stereocenters. The van der Waals surface area contributed by atoms with Gasteiger partial charge in [0.25, 0.3) is 0 Å². The zero-order valence-corrected chi connectivity index (χ0v) is 17.0. The van der Waals surface area contributed by atoms with E-state index in [1.54, 1.807) is 7.11 Å². The number of guanidine groups is 1. The van der Waals surface area contributed by atoms with Crippen molar-refractivity contribution in [2.24, 2.45) is 4.99 Å². The van der Waals surface area contributed by atoms with Crippen molar-refractivity contribution in [1.29, 1.82) is 0 Å². The van der Waals surface area contributed by atoms with E-state index in [0.29, 0.717) is 6.54 Å². The number of rotatable bonds is 9. The SMILES string of the molecule is CCNC(=NCc1cccc(OC)c1OC1CCCC1)NCCn1cccc1. The minimum absolute atomic E-state index is 0.284. The molecule has 28 heavy (non-hydrogen) atoms. The van der Waals surface area contributed by atoms with Gasteiger partial charge in [0.05, 0.1) is 19.8 Å². The smallest absolute Gasteiger partial charge is 0.191 e. The van der Waals surface area contributed by atoms with E-state index in [1.165, 1.54) is 12.8 Å². The van der Waals surface area contributed by atoms with Crippen LogP contribution in [-0.4, -0.2) is 36.8 Å². The second-order valence-corrected chi connectivity index (χ2v) is 7.02. The molecule has 0 atom stereocenters. The highest BCUT2D eigenvalue weighted by molar-refractivity contribution is 5.79. The number of hydrogen-bond donors (Lipinski definition) is 2. The molecule has 1 saturated carbocycles. The summed E-state index contributed by atoms with van der Waals surface area (Å²) in [5.41, 5.74) is 1.05. The lowest BCUT2D eigenvalue weighted by Gasteiger charge is -2.19.